The number of carbonyl (C=O) groups excluding carboxylic acids is 1. The van der Waals surface area contributed by atoms with E-state index in [2.05, 4.69) is 10.2 Å². The maximum absolute atomic E-state index is 11.2. The third-order valence-electron chi connectivity index (χ3n) is 2.32. The second kappa shape index (κ2) is 2.83. The van der Waals surface area contributed by atoms with Gasteiger partial charge < -0.3 is 10.0 Å². The molecule has 6 nitrogen and oxygen atoms in total. The Hall–Kier alpha value is -1.85. The molecule has 2 N–H and O–H groups in total. The molecule has 1 aliphatic heterocycles. The molecule has 0 spiro atoms. The van der Waals surface area contributed by atoms with Crippen molar-refractivity contribution in [2.75, 3.05) is 0 Å². The minimum Gasteiger partial charge on any atom is -0.479 e. The summed E-state index contributed by atoms with van der Waals surface area (Å²) >= 11 is 0. The summed E-state index contributed by atoms with van der Waals surface area (Å²) in [5.41, 5.74) is 1.28. The van der Waals surface area contributed by atoms with Crippen LogP contribution in [0.5, 0.6) is 0 Å². The molecule has 1 aromatic heterocycles. The number of amides is 1. The van der Waals surface area contributed by atoms with Crippen molar-refractivity contribution in [3.05, 3.63) is 17.5 Å². The minimum absolute atomic E-state index is 0.248. The topological polar surface area (TPSA) is 86.3 Å². The lowest BCUT2D eigenvalue weighted by molar-refractivity contribution is -0.149. The number of nitrogens with one attached hydrogen (secondary N) is 1. The van der Waals surface area contributed by atoms with Gasteiger partial charge in [-0.15, -0.1) is 0 Å². The molecule has 6 heteroatoms. The van der Waals surface area contributed by atoms with E-state index in [4.69, 9.17) is 5.11 Å². The van der Waals surface area contributed by atoms with Crippen LogP contribution in [0.15, 0.2) is 6.20 Å². The maximum Gasteiger partial charge on any atom is 0.331 e. The van der Waals surface area contributed by atoms with Crippen LogP contribution in [0.25, 0.3) is 0 Å². The highest BCUT2D eigenvalue weighted by molar-refractivity contribution is 5.84. The van der Waals surface area contributed by atoms with Crippen molar-refractivity contribution in [2.45, 2.75) is 19.5 Å². The molecular weight excluding hydrogens is 186 g/mol. The number of carboxylic acid groups (broad SMARTS) is 1. The Bertz CT molecular complexity index is 398. The molecule has 14 heavy (non-hydrogen) atoms. The van der Waals surface area contributed by atoms with Crippen LogP contribution in [-0.4, -0.2) is 32.1 Å². The van der Waals surface area contributed by atoms with Crippen molar-refractivity contribution in [1.29, 1.82) is 0 Å². The van der Waals surface area contributed by atoms with E-state index in [1.165, 1.54) is 18.0 Å². The van der Waals surface area contributed by atoms with Crippen molar-refractivity contribution < 1.29 is 14.7 Å². The fraction of sp³-hybridized carbons (Fsp3) is 0.375. The largest absolute Gasteiger partial charge is 0.479 e. The normalized spacial score (nSPS) is 19.5. The molecule has 0 fully saturated rings. The molecular formula is C8H9N3O3. The molecule has 0 saturated carbocycles. The van der Waals surface area contributed by atoms with E-state index in [1.54, 1.807) is 0 Å². The van der Waals surface area contributed by atoms with E-state index in [9.17, 15) is 9.59 Å². The first-order chi connectivity index (χ1) is 6.61. The van der Waals surface area contributed by atoms with Gasteiger partial charge in [-0.25, -0.2) is 4.79 Å². The first kappa shape index (κ1) is 8.74. The third-order valence-corrected chi connectivity index (χ3v) is 2.32. The highest BCUT2D eigenvalue weighted by Crippen LogP contribution is 2.32. The monoisotopic (exact) mass is 195 g/mol. The Balaban J connectivity index is 2.41. The molecule has 0 radical (unpaired) electrons. The van der Waals surface area contributed by atoms with Crippen LogP contribution in [0.3, 0.4) is 0 Å². The Kier molecular flexibility index (Phi) is 1.77. The number of hydrogen-bond acceptors (Lipinski definition) is 3. The summed E-state index contributed by atoms with van der Waals surface area (Å²) in [7, 11) is 0. The average molecular weight is 195 g/mol. The second-order valence-electron chi connectivity index (χ2n) is 3.19. The van der Waals surface area contributed by atoms with Crippen molar-refractivity contribution in [2.24, 2.45) is 0 Å². The molecule has 2 heterocycles. The van der Waals surface area contributed by atoms with Crippen LogP contribution in [0.4, 0.5) is 0 Å². The molecule has 0 aromatic carbocycles. The zero-order valence-corrected chi connectivity index (χ0v) is 7.52. The Morgan fingerprint density at radius 3 is 3.00 bits per heavy atom. The second-order valence-corrected chi connectivity index (χ2v) is 3.19. The van der Waals surface area contributed by atoms with Crippen molar-refractivity contribution in [3.8, 4) is 0 Å². The number of carbonyl (C=O) groups is 2. The first-order valence-corrected chi connectivity index (χ1v) is 4.13. The molecule has 1 unspecified atom stereocenters. The maximum atomic E-state index is 11.2. The van der Waals surface area contributed by atoms with Crippen LogP contribution < -0.4 is 0 Å². The zero-order valence-electron chi connectivity index (χ0n) is 7.52. The molecule has 0 aliphatic carbocycles. The van der Waals surface area contributed by atoms with Gasteiger partial charge in [0.15, 0.2) is 6.04 Å². The first-order valence-electron chi connectivity index (χ1n) is 4.13. The van der Waals surface area contributed by atoms with Crippen LogP contribution in [0.1, 0.15) is 24.2 Å². The van der Waals surface area contributed by atoms with Crippen LogP contribution in [0.2, 0.25) is 0 Å². The third kappa shape index (κ3) is 1.07. The summed E-state index contributed by atoms with van der Waals surface area (Å²) in [4.78, 5) is 23.4. The standard InChI is InChI=1S/C8H9N3O3/c1-4(12)11-3-6-5(2-9-10-6)7(11)8(13)14/h2,7H,3H2,1H3,(H,9,10)(H,13,14). The predicted molar refractivity (Wildman–Crippen MR) is 45.2 cm³/mol. The average Bonchev–Trinajstić information content (AvgIpc) is 2.58. The number of hydrogen-bond donors (Lipinski definition) is 2. The fourth-order valence-electron chi connectivity index (χ4n) is 1.67. The van der Waals surface area contributed by atoms with Gasteiger partial charge in [0.1, 0.15) is 0 Å². The van der Waals surface area contributed by atoms with Crippen LogP contribution in [0, 0.1) is 0 Å². The number of rotatable bonds is 1. The smallest absolute Gasteiger partial charge is 0.331 e. The van der Waals surface area contributed by atoms with E-state index >= 15 is 0 Å². The van der Waals surface area contributed by atoms with Crippen LogP contribution >= 0.6 is 0 Å². The number of aromatic amines is 1. The summed E-state index contributed by atoms with van der Waals surface area (Å²) < 4.78 is 0. The van der Waals surface area contributed by atoms with E-state index < -0.39 is 12.0 Å². The molecule has 1 aliphatic rings. The summed E-state index contributed by atoms with van der Waals surface area (Å²) in [6, 6.07) is -0.888. The molecule has 74 valence electrons. The molecule has 1 atom stereocenters. The van der Waals surface area contributed by atoms with E-state index in [0.717, 1.165) is 0 Å². The Labute approximate surface area is 79.5 Å². The number of aromatic nitrogens is 2. The number of fused-ring (bicyclic) bond motifs is 1. The van der Waals surface area contributed by atoms with Gasteiger partial charge >= 0.3 is 5.97 Å². The van der Waals surface area contributed by atoms with Gasteiger partial charge in [0, 0.05) is 12.5 Å². The molecule has 1 aromatic rings. The summed E-state index contributed by atoms with van der Waals surface area (Å²) in [5.74, 6) is -1.28. The fourth-order valence-corrected chi connectivity index (χ4v) is 1.67. The number of H-pyrrole nitrogens is 1. The quantitative estimate of drug-likeness (QED) is 0.655. The molecule has 2 rings (SSSR count). The summed E-state index contributed by atoms with van der Waals surface area (Å²) in [6.07, 6.45) is 1.46. The van der Waals surface area contributed by atoms with Gasteiger partial charge in [-0.1, -0.05) is 0 Å². The van der Waals surface area contributed by atoms with Gasteiger partial charge in [-0.2, -0.15) is 5.10 Å². The van der Waals surface area contributed by atoms with Gasteiger partial charge in [0.2, 0.25) is 5.91 Å². The van der Waals surface area contributed by atoms with Crippen LogP contribution in [-0.2, 0) is 16.1 Å². The number of aliphatic carboxylic acids is 1. The summed E-state index contributed by atoms with van der Waals surface area (Å²) in [5, 5.41) is 15.4. The molecule has 1 amide bonds. The van der Waals surface area contributed by atoms with Gasteiger partial charge in [0.05, 0.1) is 18.4 Å². The van der Waals surface area contributed by atoms with E-state index in [-0.39, 0.29) is 5.91 Å². The van der Waals surface area contributed by atoms with Gasteiger partial charge in [-0.3, -0.25) is 9.89 Å². The Morgan fingerprint density at radius 2 is 2.43 bits per heavy atom. The van der Waals surface area contributed by atoms with E-state index in [1.807, 2.05) is 0 Å². The zero-order chi connectivity index (χ0) is 10.3. The predicted octanol–water partition coefficient (Wildman–Crippen LogP) is -0.103. The number of carboxylic acids is 1. The summed E-state index contributed by atoms with van der Waals surface area (Å²) in [6.45, 7) is 1.65. The van der Waals surface area contributed by atoms with E-state index in [0.29, 0.717) is 17.8 Å². The minimum atomic E-state index is -1.03. The lowest BCUT2D eigenvalue weighted by Gasteiger charge is -2.19. The number of nitrogens with zero attached hydrogens (tertiary/aromatic N) is 2. The van der Waals surface area contributed by atoms with Crippen molar-refractivity contribution in [1.82, 2.24) is 15.1 Å². The van der Waals surface area contributed by atoms with Crippen molar-refractivity contribution in [3.63, 3.8) is 0 Å². The van der Waals surface area contributed by atoms with Crippen molar-refractivity contribution >= 4 is 11.9 Å². The molecule has 0 bridgehead atoms. The lowest BCUT2D eigenvalue weighted by Crippen LogP contribution is -2.32. The van der Waals surface area contributed by atoms with Gasteiger partial charge in [-0.05, 0) is 0 Å². The lowest BCUT2D eigenvalue weighted by atomic mass is 10.1. The Morgan fingerprint density at radius 1 is 1.71 bits per heavy atom. The highest BCUT2D eigenvalue weighted by Gasteiger charge is 2.38. The SMILES string of the molecule is CC(=O)N1Cc2[nH]ncc2C1C(=O)O. The van der Waals surface area contributed by atoms with Gasteiger partial charge in [0.25, 0.3) is 0 Å². The molecule has 0 saturated heterocycles. The highest BCUT2D eigenvalue weighted by atomic mass is 16.4.